The molecule has 0 unspecified atom stereocenters. The van der Waals surface area contributed by atoms with Crippen LogP contribution in [0.5, 0.6) is 23.0 Å². The number of anilines is 1. The van der Waals surface area contributed by atoms with Crippen molar-refractivity contribution in [3.8, 4) is 28.7 Å². The first-order chi connectivity index (χ1) is 20.6. The maximum Gasteiger partial charge on any atom is 0.237 e. The summed E-state index contributed by atoms with van der Waals surface area (Å²) in [5.41, 5.74) is 2.72. The molecule has 0 aliphatic carbocycles. The predicted octanol–water partition coefficient (Wildman–Crippen LogP) is 6.81. The molecule has 0 radical (unpaired) electrons. The van der Waals surface area contributed by atoms with E-state index in [1.54, 1.807) is 19.1 Å². The minimum absolute atomic E-state index is 0.00343. The van der Waals surface area contributed by atoms with Gasteiger partial charge in [0.2, 0.25) is 5.91 Å². The number of carbonyl (C=O) groups is 1. The Labute approximate surface area is 249 Å². The van der Waals surface area contributed by atoms with E-state index in [2.05, 4.69) is 10.2 Å². The van der Waals surface area contributed by atoms with E-state index < -0.39 is 0 Å². The number of amides is 1. The summed E-state index contributed by atoms with van der Waals surface area (Å²) in [4.78, 5) is 15.0. The van der Waals surface area contributed by atoms with Gasteiger partial charge in [-0.25, -0.2) is 0 Å². The summed E-state index contributed by atoms with van der Waals surface area (Å²) in [5.74, 6) is 3.71. The van der Waals surface area contributed by atoms with Crippen molar-refractivity contribution in [1.82, 2.24) is 14.8 Å². The Hall–Kier alpha value is -4.76. The molecule has 0 aliphatic heterocycles. The molecule has 5 aromatic rings. The fraction of sp³-hybridized carbons (Fsp3) is 0.182. The van der Waals surface area contributed by atoms with Crippen LogP contribution in [0.1, 0.15) is 18.3 Å². The lowest BCUT2D eigenvalue weighted by Gasteiger charge is -2.20. The number of benzene rings is 4. The van der Waals surface area contributed by atoms with E-state index >= 15 is 0 Å². The van der Waals surface area contributed by atoms with Crippen molar-refractivity contribution in [3.63, 3.8) is 0 Å². The second-order valence-electron chi connectivity index (χ2n) is 9.27. The van der Waals surface area contributed by atoms with E-state index in [1.807, 2.05) is 115 Å². The van der Waals surface area contributed by atoms with Gasteiger partial charge in [0.15, 0.2) is 16.7 Å². The van der Waals surface area contributed by atoms with E-state index in [-0.39, 0.29) is 11.7 Å². The molecule has 4 aromatic carbocycles. The minimum atomic E-state index is -0.00343. The largest absolute Gasteiger partial charge is 0.493 e. The Kier molecular flexibility index (Phi) is 9.41. The van der Waals surface area contributed by atoms with Crippen LogP contribution in [0.25, 0.3) is 5.69 Å². The molecule has 0 aliphatic rings. The molecule has 0 fully saturated rings. The van der Waals surface area contributed by atoms with Gasteiger partial charge in [-0.15, -0.1) is 10.2 Å². The van der Waals surface area contributed by atoms with E-state index in [0.29, 0.717) is 35.4 Å². The highest BCUT2D eigenvalue weighted by Crippen LogP contribution is 2.31. The van der Waals surface area contributed by atoms with Gasteiger partial charge >= 0.3 is 0 Å². The van der Waals surface area contributed by atoms with Gasteiger partial charge < -0.3 is 19.1 Å². The third kappa shape index (κ3) is 6.75. The van der Waals surface area contributed by atoms with Crippen molar-refractivity contribution >= 4 is 23.4 Å². The Bertz CT molecular complexity index is 1610. The summed E-state index contributed by atoms with van der Waals surface area (Å²) < 4.78 is 18.9. The number of hydrogen-bond donors (Lipinski definition) is 0. The van der Waals surface area contributed by atoms with Crippen LogP contribution in [0.2, 0.25) is 0 Å². The van der Waals surface area contributed by atoms with Crippen LogP contribution in [0.15, 0.2) is 108 Å². The van der Waals surface area contributed by atoms with E-state index in [1.165, 1.54) is 11.8 Å². The lowest BCUT2D eigenvalue weighted by molar-refractivity contribution is -0.116. The molecule has 1 amide bonds. The smallest absolute Gasteiger partial charge is 0.237 e. The molecule has 0 bridgehead atoms. The number of carbonyl (C=O) groups excluding carboxylic acids is 1. The Morgan fingerprint density at radius 2 is 1.48 bits per heavy atom. The molecular formula is C33H32N4O4S. The molecule has 1 aromatic heterocycles. The molecule has 9 heteroatoms. The van der Waals surface area contributed by atoms with Gasteiger partial charge in [-0.1, -0.05) is 54.2 Å². The maximum atomic E-state index is 13.2. The predicted molar refractivity (Wildman–Crippen MR) is 165 cm³/mol. The van der Waals surface area contributed by atoms with Crippen LogP contribution in [-0.4, -0.2) is 47.2 Å². The monoisotopic (exact) mass is 580 g/mol. The van der Waals surface area contributed by atoms with Crippen LogP contribution < -0.4 is 19.1 Å². The van der Waals surface area contributed by atoms with Crippen LogP contribution in [-0.2, 0) is 11.2 Å². The zero-order valence-corrected chi connectivity index (χ0v) is 24.6. The summed E-state index contributed by atoms with van der Waals surface area (Å²) in [6.07, 6.45) is 0.495. The zero-order valence-electron chi connectivity index (χ0n) is 23.8. The molecular weight excluding hydrogens is 548 g/mol. The standard InChI is InChI=1S/C33H32N4O4S/c1-4-36(25-11-7-5-8-12-25)32(38)23-42-33-35-34-31(22-24-15-20-29(39-2)30(21-24)40-3)37(33)26-16-18-28(19-17-26)41-27-13-9-6-10-14-27/h5-21H,4,22-23H2,1-3H3. The highest BCUT2D eigenvalue weighted by molar-refractivity contribution is 7.99. The van der Waals surface area contributed by atoms with Crippen molar-refractivity contribution < 1.29 is 19.0 Å². The molecule has 42 heavy (non-hydrogen) atoms. The van der Waals surface area contributed by atoms with Crippen molar-refractivity contribution in [3.05, 3.63) is 115 Å². The van der Waals surface area contributed by atoms with Gasteiger partial charge in [0.1, 0.15) is 17.3 Å². The van der Waals surface area contributed by atoms with Gasteiger partial charge in [-0.3, -0.25) is 9.36 Å². The quantitative estimate of drug-likeness (QED) is 0.150. The SMILES string of the molecule is CCN(C(=O)CSc1nnc(Cc2ccc(OC)c(OC)c2)n1-c1ccc(Oc2ccccc2)cc1)c1ccccc1. The topological polar surface area (TPSA) is 78.7 Å². The van der Waals surface area contributed by atoms with Crippen molar-refractivity contribution in [2.45, 2.75) is 18.5 Å². The Morgan fingerprint density at radius 3 is 2.14 bits per heavy atom. The fourth-order valence-electron chi connectivity index (χ4n) is 4.54. The zero-order chi connectivity index (χ0) is 29.3. The fourth-order valence-corrected chi connectivity index (χ4v) is 5.39. The molecule has 5 rings (SSSR count). The minimum Gasteiger partial charge on any atom is -0.493 e. The van der Waals surface area contributed by atoms with Gasteiger partial charge in [-0.2, -0.15) is 0 Å². The number of hydrogen-bond acceptors (Lipinski definition) is 7. The van der Waals surface area contributed by atoms with Crippen LogP contribution in [0.3, 0.4) is 0 Å². The second-order valence-corrected chi connectivity index (χ2v) is 10.2. The number of nitrogens with zero attached hydrogens (tertiary/aromatic N) is 4. The summed E-state index contributed by atoms with van der Waals surface area (Å²) in [6, 6.07) is 32.9. The number of para-hydroxylation sites is 2. The van der Waals surface area contributed by atoms with E-state index in [0.717, 1.165) is 28.5 Å². The number of methoxy groups -OCH3 is 2. The molecule has 0 saturated heterocycles. The number of thioether (sulfide) groups is 1. The van der Waals surface area contributed by atoms with Crippen LogP contribution in [0, 0.1) is 0 Å². The first kappa shape index (κ1) is 28.8. The van der Waals surface area contributed by atoms with Crippen molar-refractivity contribution in [2.24, 2.45) is 0 Å². The summed E-state index contributed by atoms with van der Waals surface area (Å²) in [6.45, 7) is 2.54. The van der Waals surface area contributed by atoms with Gasteiger partial charge in [0.05, 0.1) is 20.0 Å². The Morgan fingerprint density at radius 1 is 0.810 bits per heavy atom. The van der Waals surface area contributed by atoms with Gasteiger partial charge in [0.25, 0.3) is 0 Å². The summed E-state index contributed by atoms with van der Waals surface area (Å²) in [7, 11) is 3.23. The average molecular weight is 581 g/mol. The van der Waals surface area contributed by atoms with Gasteiger partial charge in [-0.05, 0) is 73.2 Å². The van der Waals surface area contributed by atoms with E-state index in [4.69, 9.17) is 14.2 Å². The number of aromatic nitrogens is 3. The van der Waals surface area contributed by atoms with Crippen molar-refractivity contribution in [1.29, 1.82) is 0 Å². The summed E-state index contributed by atoms with van der Waals surface area (Å²) >= 11 is 1.36. The second kappa shape index (κ2) is 13.7. The Balaban J connectivity index is 1.43. The third-order valence-corrected chi connectivity index (χ3v) is 7.51. The molecule has 214 valence electrons. The average Bonchev–Trinajstić information content (AvgIpc) is 3.43. The van der Waals surface area contributed by atoms with Crippen LogP contribution in [0.4, 0.5) is 5.69 Å². The first-order valence-electron chi connectivity index (χ1n) is 13.6. The number of rotatable bonds is 12. The highest BCUT2D eigenvalue weighted by atomic mass is 32.2. The number of ether oxygens (including phenoxy) is 3. The van der Waals surface area contributed by atoms with Crippen molar-refractivity contribution in [2.75, 3.05) is 31.4 Å². The van der Waals surface area contributed by atoms with Crippen LogP contribution >= 0.6 is 11.8 Å². The summed E-state index contributed by atoms with van der Waals surface area (Å²) in [5, 5.41) is 9.67. The maximum absolute atomic E-state index is 13.2. The van der Waals surface area contributed by atoms with E-state index in [9.17, 15) is 4.79 Å². The molecule has 0 N–H and O–H groups in total. The normalized spacial score (nSPS) is 10.7. The lowest BCUT2D eigenvalue weighted by Crippen LogP contribution is -2.32. The lowest BCUT2D eigenvalue weighted by atomic mass is 10.1. The third-order valence-electron chi connectivity index (χ3n) is 6.59. The molecule has 1 heterocycles. The molecule has 0 spiro atoms. The molecule has 0 atom stereocenters. The highest BCUT2D eigenvalue weighted by Gasteiger charge is 2.20. The molecule has 8 nitrogen and oxygen atoms in total. The molecule has 0 saturated carbocycles. The first-order valence-corrected chi connectivity index (χ1v) is 14.5. The van der Waals surface area contributed by atoms with Gasteiger partial charge in [0, 0.05) is 24.3 Å².